The third-order valence-corrected chi connectivity index (χ3v) is 5.64. The first-order valence-corrected chi connectivity index (χ1v) is 9.50. The normalized spacial score (nSPS) is 21.4. The number of halogens is 1. The summed E-state index contributed by atoms with van der Waals surface area (Å²) in [6.07, 6.45) is 3.32. The van der Waals surface area contributed by atoms with Crippen LogP contribution in [0, 0.1) is 5.92 Å². The lowest BCUT2D eigenvalue weighted by Crippen LogP contribution is -2.43. The average Bonchev–Trinajstić information content (AvgIpc) is 2.88. The third kappa shape index (κ3) is 3.73. The Labute approximate surface area is 158 Å². The number of esters is 1. The van der Waals surface area contributed by atoms with Gasteiger partial charge >= 0.3 is 5.97 Å². The van der Waals surface area contributed by atoms with Crippen molar-refractivity contribution in [1.29, 1.82) is 0 Å². The molecule has 1 amide bonds. The van der Waals surface area contributed by atoms with E-state index in [1.54, 1.807) is 18.5 Å². The minimum Gasteiger partial charge on any atom is -0.448 e. The van der Waals surface area contributed by atoms with Gasteiger partial charge < -0.3 is 14.6 Å². The van der Waals surface area contributed by atoms with Gasteiger partial charge in [-0.1, -0.05) is 36.7 Å². The molecule has 140 valence electrons. The number of aromatic nitrogens is 1. The molecule has 1 aromatic carbocycles. The molecule has 1 unspecified atom stereocenters. The number of carbonyl (C=O) groups excluding carboxylic acids is 2. The fourth-order valence-electron chi connectivity index (χ4n) is 3.57. The molecule has 0 saturated heterocycles. The zero-order valence-electron chi connectivity index (χ0n) is 15.4. The molecule has 0 spiro atoms. The first-order chi connectivity index (χ1) is 12.4. The molecular weight excluding hydrogens is 352 g/mol. The Morgan fingerprint density at radius 3 is 2.54 bits per heavy atom. The second kappa shape index (κ2) is 7.70. The molecule has 0 radical (unpaired) electrons. The van der Waals surface area contributed by atoms with Gasteiger partial charge in [0.15, 0.2) is 6.10 Å². The van der Waals surface area contributed by atoms with E-state index in [1.807, 2.05) is 24.3 Å². The predicted molar refractivity (Wildman–Crippen MR) is 102 cm³/mol. The molecule has 2 aromatic rings. The number of carbonyl (C=O) groups is 2. The molecule has 1 atom stereocenters. The molecule has 1 fully saturated rings. The number of nitrogens with one attached hydrogen (secondary N) is 1. The van der Waals surface area contributed by atoms with Crippen LogP contribution in [0.25, 0.3) is 10.9 Å². The van der Waals surface area contributed by atoms with E-state index in [9.17, 15) is 9.59 Å². The molecule has 3 rings (SSSR count). The van der Waals surface area contributed by atoms with Crippen LogP contribution >= 0.6 is 11.6 Å². The number of para-hydroxylation sites is 1. The number of hydrogen-bond acceptors (Lipinski definition) is 3. The summed E-state index contributed by atoms with van der Waals surface area (Å²) in [7, 11) is 1.76. The quantitative estimate of drug-likeness (QED) is 0.818. The van der Waals surface area contributed by atoms with Gasteiger partial charge in [0.1, 0.15) is 5.69 Å². The summed E-state index contributed by atoms with van der Waals surface area (Å²) in [5.41, 5.74) is 1.11. The number of amides is 1. The number of benzene rings is 1. The minimum atomic E-state index is -0.865. The van der Waals surface area contributed by atoms with E-state index in [2.05, 4.69) is 12.2 Å². The van der Waals surface area contributed by atoms with Crippen molar-refractivity contribution in [3.63, 3.8) is 0 Å². The summed E-state index contributed by atoms with van der Waals surface area (Å²) in [4.78, 5) is 25.0. The smallest absolute Gasteiger partial charge is 0.357 e. The Morgan fingerprint density at radius 2 is 1.88 bits per heavy atom. The van der Waals surface area contributed by atoms with E-state index in [-0.39, 0.29) is 17.6 Å². The second-order valence-corrected chi connectivity index (χ2v) is 7.63. The molecule has 0 bridgehead atoms. The highest BCUT2D eigenvalue weighted by Crippen LogP contribution is 2.30. The molecule has 1 aliphatic carbocycles. The highest BCUT2D eigenvalue weighted by Gasteiger charge is 2.27. The molecule has 1 aliphatic rings. The fourth-order valence-corrected chi connectivity index (χ4v) is 3.93. The second-order valence-electron chi connectivity index (χ2n) is 7.25. The molecule has 26 heavy (non-hydrogen) atoms. The van der Waals surface area contributed by atoms with Crippen LogP contribution in [0.5, 0.6) is 0 Å². The van der Waals surface area contributed by atoms with Crippen molar-refractivity contribution in [1.82, 2.24) is 9.88 Å². The zero-order chi connectivity index (χ0) is 18.8. The average molecular weight is 377 g/mol. The minimum absolute atomic E-state index is 0.168. The lowest BCUT2D eigenvalue weighted by molar-refractivity contribution is -0.130. The van der Waals surface area contributed by atoms with Crippen LogP contribution in [-0.2, 0) is 16.6 Å². The molecule has 5 nitrogen and oxygen atoms in total. The van der Waals surface area contributed by atoms with Crippen LogP contribution in [0.15, 0.2) is 24.3 Å². The van der Waals surface area contributed by atoms with Gasteiger partial charge in [-0.05, 0) is 44.6 Å². The molecular formula is C20H25ClN2O3. The predicted octanol–water partition coefficient (Wildman–Crippen LogP) is 4.07. The maximum atomic E-state index is 12.6. The Bertz CT molecular complexity index is 783. The van der Waals surface area contributed by atoms with Gasteiger partial charge in [-0.3, -0.25) is 4.79 Å². The van der Waals surface area contributed by atoms with Crippen molar-refractivity contribution in [3.05, 3.63) is 35.0 Å². The maximum Gasteiger partial charge on any atom is 0.357 e. The van der Waals surface area contributed by atoms with Gasteiger partial charge in [-0.15, -0.1) is 0 Å². The highest BCUT2D eigenvalue weighted by molar-refractivity contribution is 6.38. The molecule has 1 N–H and O–H groups in total. The Hall–Kier alpha value is -2.01. The zero-order valence-corrected chi connectivity index (χ0v) is 16.2. The van der Waals surface area contributed by atoms with E-state index in [4.69, 9.17) is 16.3 Å². The first kappa shape index (κ1) is 18.8. The van der Waals surface area contributed by atoms with Crippen LogP contribution < -0.4 is 5.32 Å². The number of hydrogen-bond donors (Lipinski definition) is 1. The Kier molecular flexibility index (Phi) is 5.56. The monoisotopic (exact) mass is 376 g/mol. The summed E-state index contributed by atoms with van der Waals surface area (Å²) in [5.74, 6) is -0.131. The number of ether oxygens (including phenoxy) is 1. The summed E-state index contributed by atoms with van der Waals surface area (Å²) in [5, 5.41) is 4.13. The summed E-state index contributed by atoms with van der Waals surface area (Å²) in [6.45, 7) is 3.82. The number of aryl methyl sites for hydroxylation is 1. The summed E-state index contributed by atoms with van der Waals surface area (Å²) >= 11 is 6.37. The van der Waals surface area contributed by atoms with E-state index in [0.29, 0.717) is 10.9 Å². The van der Waals surface area contributed by atoms with Crippen LogP contribution in [-0.4, -0.2) is 28.6 Å². The molecule has 1 saturated carbocycles. The van der Waals surface area contributed by atoms with Crippen molar-refractivity contribution >= 4 is 34.4 Å². The SMILES string of the molecule is CC1CCC(NC(=O)C(C)OC(=O)c2c(Cl)c3ccccc3n2C)CC1. The van der Waals surface area contributed by atoms with Gasteiger partial charge in [0.2, 0.25) is 0 Å². The fraction of sp³-hybridized carbons (Fsp3) is 0.500. The standard InChI is InChI=1S/C20H25ClN2O3/c1-12-8-10-14(11-9-12)22-19(24)13(2)26-20(25)18-17(21)15-6-4-5-7-16(15)23(18)3/h4-7,12-14H,8-11H2,1-3H3,(H,22,24). The van der Waals surface area contributed by atoms with Crippen molar-refractivity contribution in [2.75, 3.05) is 0 Å². The molecule has 6 heteroatoms. The van der Waals surface area contributed by atoms with Crippen molar-refractivity contribution in [2.24, 2.45) is 13.0 Å². The van der Waals surface area contributed by atoms with Gasteiger partial charge in [-0.2, -0.15) is 0 Å². The van der Waals surface area contributed by atoms with Crippen molar-refractivity contribution in [2.45, 2.75) is 51.7 Å². The third-order valence-electron chi connectivity index (χ3n) is 5.25. The van der Waals surface area contributed by atoms with E-state index in [0.717, 1.165) is 36.6 Å². The number of fused-ring (bicyclic) bond motifs is 1. The van der Waals surface area contributed by atoms with E-state index < -0.39 is 12.1 Å². The molecule has 1 aromatic heterocycles. The Balaban J connectivity index is 1.67. The highest BCUT2D eigenvalue weighted by atomic mass is 35.5. The first-order valence-electron chi connectivity index (χ1n) is 9.12. The topological polar surface area (TPSA) is 60.3 Å². The van der Waals surface area contributed by atoms with Crippen LogP contribution in [0.1, 0.15) is 50.0 Å². The number of nitrogens with zero attached hydrogens (tertiary/aromatic N) is 1. The lowest BCUT2D eigenvalue weighted by atomic mass is 9.87. The summed E-state index contributed by atoms with van der Waals surface area (Å²) < 4.78 is 7.10. The van der Waals surface area contributed by atoms with E-state index >= 15 is 0 Å². The maximum absolute atomic E-state index is 12.6. The van der Waals surface area contributed by atoms with E-state index in [1.165, 1.54) is 0 Å². The van der Waals surface area contributed by atoms with Crippen LogP contribution in [0.3, 0.4) is 0 Å². The van der Waals surface area contributed by atoms with Gasteiger partial charge in [0.25, 0.3) is 5.91 Å². The molecule has 1 heterocycles. The summed E-state index contributed by atoms with van der Waals surface area (Å²) in [6, 6.07) is 7.66. The van der Waals surface area contributed by atoms with Gasteiger partial charge in [0.05, 0.1) is 5.02 Å². The van der Waals surface area contributed by atoms with Crippen LogP contribution in [0.4, 0.5) is 0 Å². The van der Waals surface area contributed by atoms with Crippen LogP contribution in [0.2, 0.25) is 5.02 Å². The largest absolute Gasteiger partial charge is 0.448 e. The number of rotatable bonds is 4. The van der Waals surface area contributed by atoms with Crippen molar-refractivity contribution in [3.8, 4) is 0 Å². The lowest BCUT2D eigenvalue weighted by Gasteiger charge is -2.27. The van der Waals surface area contributed by atoms with Crippen molar-refractivity contribution < 1.29 is 14.3 Å². The Morgan fingerprint density at radius 1 is 1.23 bits per heavy atom. The van der Waals surface area contributed by atoms with Gasteiger partial charge in [0, 0.05) is 24.0 Å². The van der Waals surface area contributed by atoms with Gasteiger partial charge in [-0.25, -0.2) is 4.79 Å². The molecule has 0 aliphatic heterocycles.